The summed E-state index contributed by atoms with van der Waals surface area (Å²) in [5.41, 5.74) is 1.88. The lowest BCUT2D eigenvalue weighted by Gasteiger charge is -2.09. The summed E-state index contributed by atoms with van der Waals surface area (Å²) in [5, 5.41) is 0.757. The Morgan fingerprint density at radius 3 is 2.76 bits per heavy atom. The van der Waals surface area contributed by atoms with Gasteiger partial charge in [-0.3, -0.25) is 4.79 Å². The molecule has 0 saturated heterocycles. The van der Waals surface area contributed by atoms with Crippen LogP contribution in [-0.4, -0.2) is 30.5 Å². The normalized spacial score (nSPS) is 14.2. The number of aldehydes is 1. The van der Waals surface area contributed by atoms with Crippen molar-refractivity contribution >= 4 is 23.2 Å². The summed E-state index contributed by atoms with van der Waals surface area (Å²) in [4.78, 5) is 23.3. The highest BCUT2D eigenvalue weighted by Gasteiger charge is 2.27. The number of carbonyl (C=O) groups is 2. The van der Waals surface area contributed by atoms with Crippen LogP contribution in [-0.2, 0) is 4.74 Å². The Bertz CT molecular complexity index is 713. The van der Waals surface area contributed by atoms with Crippen molar-refractivity contribution < 1.29 is 19.1 Å². The van der Waals surface area contributed by atoms with Gasteiger partial charge in [-0.1, -0.05) is 0 Å². The zero-order chi connectivity index (χ0) is 15.0. The average molecular weight is 287 g/mol. The van der Waals surface area contributed by atoms with Crippen LogP contribution in [0.2, 0.25) is 0 Å². The minimum Gasteiger partial charge on any atom is -0.496 e. The number of nitrogens with zero attached hydrogens (tertiary/aromatic N) is 1. The van der Waals surface area contributed by atoms with Crippen molar-refractivity contribution in [3.05, 3.63) is 29.5 Å². The van der Waals surface area contributed by atoms with E-state index < -0.39 is 0 Å². The van der Waals surface area contributed by atoms with Crippen molar-refractivity contribution in [2.24, 2.45) is 0 Å². The lowest BCUT2D eigenvalue weighted by atomic mass is 10.1. The number of ether oxygens (including phenoxy) is 2. The van der Waals surface area contributed by atoms with Gasteiger partial charge >= 0.3 is 5.97 Å². The molecule has 0 spiro atoms. The average Bonchev–Trinajstić information content (AvgIpc) is 3.27. The van der Waals surface area contributed by atoms with Crippen LogP contribution >= 0.6 is 0 Å². The molecule has 5 nitrogen and oxygen atoms in total. The van der Waals surface area contributed by atoms with Gasteiger partial charge in [-0.15, -0.1) is 0 Å². The van der Waals surface area contributed by atoms with Crippen molar-refractivity contribution in [1.29, 1.82) is 0 Å². The molecule has 110 valence electrons. The summed E-state index contributed by atoms with van der Waals surface area (Å²) in [5.74, 6) is 0.144. The Kier molecular flexibility index (Phi) is 3.41. The van der Waals surface area contributed by atoms with Crippen LogP contribution in [0.25, 0.3) is 10.9 Å². The van der Waals surface area contributed by atoms with E-state index in [0.717, 1.165) is 30.0 Å². The standard InChI is InChI=1S/C16H17NO4/c1-3-21-16(19)10-6-13-15(14(7-10)20-2)11(9-18)8-17(13)12-4-5-12/h6-9,12H,3-5H2,1-2H3. The largest absolute Gasteiger partial charge is 0.496 e. The van der Waals surface area contributed by atoms with Crippen LogP contribution in [0, 0.1) is 0 Å². The van der Waals surface area contributed by atoms with Gasteiger partial charge in [0.1, 0.15) is 5.75 Å². The van der Waals surface area contributed by atoms with Gasteiger partial charge in [0.05, 0.1) is 30.2 Å². The summed E-state index contributed by atoms with van der Waals surface area (Å²) in [6.45, 7) is 2.09. The summed E-state index contributed by atoms with van der Waals surface area (Å²) >= 11 is 0. The van der Waals surface area contributed by atoms with E-state index in [2.05, 4.69) is 4.57 Å². The molecule has 1 aromatic heterocycles. The van der Waals surface area contributed by atoms with E-state index in [1.807, 2.05) is 6.20 Å². The molecular formula is C16H17NO4. The number of rotatable bonds is 5. The van der Waals surface area contributed by atoms with Crippen molar-refractivity contribution in [3.8, 4) is 5.75 Å². The molecule has 2 aromatic rings. The Morgan fingerprint density at radius 2 is 2.19 bits per heavy atom. The van der Waals surface area contributed by atoms with Crippen molar-refractivity contribution in [3.63, 3.8) is 0 Å². The first-order valence-corrected chi connectivity index (χ1v) is 7.04. The third-order valence-electron chi connectivity index (χ3n) is 3.72. The summed E-state index contributed by atoms with van der Waals surface area (Å²) in [6, 6.07) is 3.81. The van der Waals surface area contributed by atoms with Crippen LogP contribution in [0.3, 0.4) is 0 Å². The Hall–Kier alpha value is -2.30. The number of hydrogen-bond donors (Lipinski definition) is 0. The Morgan fingerprint density at radius 1 is 1.43 bits per heavy atom. The summed E-state index contributed by atoms with van der Waals surface area (Å²) in [6.07, 6.45) is 4.85. The minimum absolute atomic E-state index is 0.322. The molecular weight excluding hydrogens is 270 g/mol. The first-order chi connectivity index (χ1) is 10.2. The topological polar surface area (TPSA) is 57.5 Å². The third kappa shape index (κ3) is 2.28. The van der Waals surface area contributed by atoms with Gasteiger partial charge < -0.3 is 14.0 Å². The highest BCUT2D eigenvalue weighted by atomic mass is 16.5. The second-order valence-electron chi connectivity index (χ2n) is 5.13. The fourth-order valence-electron chi connectivity index (χ4n) is 2.62. The predicted octanol–water partition coefficient (Wildman–Crippen LogP) is 2.97. The maximum absolute atomic E-state index is 12.0. The number of fused-ring (bicyclic) bond motifs is 1. The van der Waals surface area contributed by atoms with Crippen molar-refractivity contribution in [1.82, 2.24) is 4.57 Å². The van der Waals surface area contributed by atoms with Crippen LogP contribution < -0.4 is 4.74 Å². The summed E-state index contributed by atoms with van der Waals surface area (Å²) < 4.78 is 12.5. The lowest BCUT2D eigenvalue weighted by Crippen LogP contribution is -2.05. The number of aromatic nitrogens is 1. The molecule has 0 amide bonds. The predicted molar refractivity (Wildman–Crippen MR) is 78.1 cm³/mol. The van der Waals surface area contributed by atoms with Gasteiger partial charge in [0.25, 0.3) is 0 Å². The second-order valence-corrected chi connectivity index (χ2v) is 5.13. The van der Waals surface area contributed by atoms with Gasteiger partial charge in [0.2, 0.25) is 0 Å². The molecule has 1 aliphatic carbocycles. The van der Waals surface area contributed by atoms with Crippen LogP contribution in [0.4, 0.5) is 0 Å². The third-order valence-corrected chi connectivity index (χ3v) is 3.72. The van der Waals surface area contributed by atoms with Crippen LogP contribution in [0.1, 0.15) is 46.5 Å². The molecule has 3 rings (SSSR count). The molecule has 0 atom stereocenters. The monoisotopic (exact) mass is 287 g/mol. The van der Waals surface area contributed by atoms with E-state index in [4.69, 9.17) is 9.47 Å². The van der Waals surface area contributed by atoms with Gasteiger partial charge in [0.15, 0.2) is 6.29 Å². The van der Waals surface area contributed by atoms with Gasteiger partial charge in [-0.25, -0.2) is 4.79 Å². The first-order valence-electron chi connectivity index (χ1n) is 7.04. The molecule has 1 aromatic carbocycles. The molecule has 5 heteroatoms. The zero-order valence-corrected chi connectivity index (χ0v) is 12.1. The maximum atomic E-state index is 12.0. The van der Waals surface area contributed by atoms with Gasteiger partial charge in [-0.05, 0) is 31.9 Å². The van der Waals surface area contributed by atoms with E-state index in [-0.39, 0.29) is 5.97 Å². The number of hydrogen-bond acceptors (Lipinski definition) is 4. The van der Waals surface area contributed by atoms with Crippen LogP contribution in [0.5, 0.6) is 5.75 Å². The highest BCUT2D eigenvalue weighted by molar-refractivity contribution is 6.05. The number of carbonyl (C=O) groups excluding carboxylic acids is 2. The molecule has 1 fully saturated rings. The molecule has 0 aliphatic heterocycles. The number of benzene rings is 1. The molecule has 0 unspecified atom stereocenters. The van der Waals surface area contributed by atoms with E-state index in [1.165, 1.54) is 7.11 Å². The van der Waals surface area contributed by atoms with E-state index in [9.17, 15) is 9.59 Å². The van der Waals surface area contributed by atoms with Crippen molar-refractivity contribution in [2.75, 3.05) is 13.7 Å². The maximum Gasteiger partial charge on any atom is 0.338 e. The highest BCUT2D eigenvalue weighted by Crippen LogP contribution is 2.41. The van der Waals surface area contributed by atoms with Crippen LogP contribution in [0.15, 0.2) is 18.3 Å². The quantitative estimate of drug-likeness (QED) is 0.626. The SMILES string of the molecule is CCOC(=O)c1cc(OC)c2c(C=O)cn(C3CC3)c2c1. The Balaban J connectivity index is 2.23. The number of esters is 1. The molecule has 1 aliphatic rings. The molecule has 0 radical (unpaired) electrons. The van der Waals surface area contributed by atoms with E-state index >= 15 is 0 Å². The van der Waals surface area contributed by atoms with Gasteiger partial charge in [0, 0.05) is 17.8 Å². The molecule has 1 saturated carbocycles. The second kappa shape index (κ2) is 5.24. The van der Waals surface area contributed by atoms with E-state index in [1.54, 1.807) is 19.1 Å². The molecule has 0 bridgehead atoms. The van der Waals surface area contributed by atoms with E-state index in [0.29, 0.717) is 29.5 Å². The molecule has 21 heavy (non-hydrogen) atoms. The fraction of sp³-hybridized carbons (Fsp3) is 0.375. The smallest absolute Gasteiger partial charge is 0.338 e. The zero-order valence-electron chi connectivity index (χ0n) is 12.1. The lowest BCUT2D eigenvalue weighted by molar-refractivity contribution is 0.0526. The minimum atomic E-state index is -0.381. The fourth-order valence-corrected chi connectivity index (χ4v) is 2.62. The van der Waals surface area contributed by atoms with Crippen molar-refractivity contribution in [2.45, 2.75) is 25.8 Å². The number of methoxy groups -OCH3 is 1. The van der Waals surface area contributed by atoms with Gasteiger partial charge in [-0.2, -0.15) is 0 Å². The first kappa shape index (κ1) is 13.7. The Labute approximate surface area is 122 Å². The molecule has 0 N–H and O–H groups in total. The molecule has 1 heterocycles. The summed E-state index contributed by atoms with van der Waals surface area (Å²) in [7, 11) is 1.53.